The molecule has 1 N–H and O–H groups in total. The summed E-state index contributed by atoms with van der Waals surface area (Å²) in [6.45, 7) is 2.04. The number of nitrogens with one attached hydrogen (secondary N) is 1. The first-order valence-electron chi connectivity index (χ1n) is 8.75. The van der Waals surface area contributed by atoms with E-state index in [1.807, 2.05) is 22.7 Å². The third kappa shape index (κ3) is 5.03. The number of hydrogen-bond donors (Lipinski definition) is 1. The van der Waals surface area contributed by atoms with E-state index in [1.54, 1.807) is 42.9 Å². The number of aryl methyl sites for hydroxylation is 1. The summed E-state index contributed by atoms with van der Waals surface area (Å²) in [4.78, 5) is 27.6. The van der Waals surface area contributed by atoms with E-state index in [0.717, 1.165) is 12.4 Å². The second-order valence-corrected chi connectivity index (χ2v) is 6.29. The van der Waals surface area contributed by atoms with E-state index < -0.39 is 0 Å². The quantitative estimate of drug-likeness (QED) is 0.676. The third-order valence-electron chi connectivity index (χ3n) is 4.50. The minimum Gasteiger partial charge on any atom is -0.437 e. The lowest BCUT2D eigenvalue weighted by molar-refractivity contribution is 0.0620. The molecule has 29 heavy (non-hydrogen) atoms. The summed E-state index contributed by atoms with van der Waals surface area (Å²) in [5.74, 6) is 1.75. The van der Waals surface area contributed by atoms with Crippen molar-refractivity contribution in [3.05, 3.63) is 66.6 Å². The first-order chi connectivity index (χ1) is 13.2. The number of halogens is 2. The summed E-state index contributed by atoms with van der Waals surface area (Å²) in [5, 5.41) is 3.34. The molecular weight excluding hydrogens is 415 g/mol. The second kappa shape index (κ2) is 10.2. The molecule has 1 saturated heterocycles. The Morgan fingerprint density at radius 1 is 1.21 bits per heavy atom. The zero-order valence-electron chi connectivity index (χ0n) is 15.8. The summed E-state index contributed by atoms with van der Waals surface area (Å²) in [7, 11) is 1.94. The van der Waals surface area contributed by atoms with Crippen molar-refractivity contribution in [1.82, 2.24) is 29.7 Å². The maximum Gasteiger partial charge on any atom is 0.254 e. The zero-order valence-corrected chi connectivity index (χ0v) is 17.4. The summed E-state index contributed by atoms with van der Waals surface area (Å²) < 4.78 is 7.65. The van der Waals surface area contributed by atoms with Crippen molar-refractivity contribution in [3.63, 3.8) is 0 Å². The second-order valence-electron chi connectivity index (χ2n) is 6.29. The molecule has 1 unspecified atom stereocenters. The third-order valence-corrected chi connectivity index (χ3v) is 4.50. The Labute approximate surface area is 181 Å². The molecule has 3 aromatic rings. The van der Waals surface area contributed by atoms with Crippen LogP contribution >= 0.6 is 24.8 Å². The molecule has 2 aromatic heterocycles. The van der Waals surface area contributed by atoms with Crippen LogP contribution in [0.1, 0.15) is 22.2 Å². The van der Waals surface area contributed by atoms with Crippen molar-refractivity contribution < 1.29 is 9.53 Å². The van der Waals surface area contributed by atoms with Gasteiger partial charge in [0.25, 0.3) is 5.91 Å². The Morgan fingerprint density at radius 2 is 2.07 bits per heavy atom. The number of aromatic nitrogens is 4. The monoisotopic (exact) mass is 436 g/mol. The molecule has 8 nitrogen and oxygen atoms in total. The molecule has 4 rings (SSSR count). The van der Waals surface area contributed by atoms with Crippen LogP contribution in [-0.4, -0.2) is 50.0 Å². The highest BCUT2D eigenvalue weighted by molar-refractivity contribution is 5.95. The fourth-order valence-corrected chi connectivity index (χ4v) is 3.19. The van der Waals surface area contributed by atoms with Gasteiger partial charge in [0, 0.05) is 57.0 Å². The lowest BCUT2D eigenvalue weighted by Crippen LogP contribution is -2.49. The molecule has 0 spiro atoms. The van der Waals surface area contributed by atoms with Gasteiger partial charge in [0.1, 0.15) is 17.6 Å². The number of amides is 1. The van der Waals surface area contributed by atoms with Crippen molar-refractivity contribution in [2.75, 3.05) is 19.6 Å². The maximum absolute atomic E-state index is 13.2. The zero-order chi connectivity index (χ0) is 18.6. The van der Waals surface area contributed by atoms with E-state index in [9.17, 15) is 4.79 Å². The topological polar surface area (TPSA) is 85.2 Å². The van der Waals surface area contributed by atoms with Gasteiger partial charge in [0.05, 0.1) is 6.20 Å². The van der Waals surface area contributed by atoms with Crippen LogP contribution in [0.15, 0.2) is 55.2 Å². The molecule has 154 valence electrons. The maximum atomic E-state index is 13.2. The van der Waals surface area contributed by atoms with Crippen LogP contribution in [0.5, 0.6) is 11.6 Å². The van der Waals surface area contributed by atoms with Crippen molar-refractivity contribution in [1.29, 1.82) is 0 Å². The van der Waals surface area contributed by atoms with Gasteiger partial charge in [-0.15, -0.1) is 24.8 Å². The minimum atomic E-state index is -0.115. The van der Waals surface area contributed by atoms with Gasteiger partial charge in [-0.05, 0) is 18.2 Å². The first kappa shape index (κ1) is 22.6. The Bertz CT molecular complexity index is 937. The predicted molar refractivity (Wildman–Crippen MR) is 113 cm³/mol. The molecule has 10 heteroatoms. The molecule has 0 aliphatic carbocycles. The molecule has 1 atom stereocenters. The van der Waals surface area contributed by atoms with Gasteiger partial charge in [-0.2, -0.15) is 0 Å². The van der Waals surface area contributed by atoms with Crippen LogP contribution in [0, 0.1) is 0 Å². The van der Waals surface area contributed by atoms with Gasteiger partial charge in [-0.3, -0.25) is 9.78 Å². The van der Waals surface area contributed by atoms with Gasteiger partial charge in [-0.25, -0.2) is 9.97 Å². The van der Waals surface area contributed by atoms with Crippen LogP contribution in [0.3, 0.4) is 0 Å². The molecule has 1 amide bonds. The number of ether oxygens (including phenoxy) is 1. The highest BCUT2D eigenvalue weighted by Gasteiger charge is 2.31. The van der Waals surface area contributed by atoms with Crippen molar-refractivity contribution in [2.24, 2.45) is 7.05 Å². The Morgan fingerprint density at radius 3 is 2.79 bits per heavy atom. The lowest BCUT2D eigenvalue weighted by Gasteiger charge is -2.35. The first-order valence-corrected chi connectivity index (χ1v) is 8.75. The van der Waals surface area contributed by atoms with Crippen LogP contribution in [-0.2, 0) is 7.05 Å². The fourth-order valence-electron chi connectivity index (χ4n) is 3.19. The van der Waals surface area contributed by atoms with E-state index in [-0.39, 0.29) is 36.8 Å². The Kier molecular flexibility index (Phi) is 7.95. The van der Waals surface area contributed by atoms with Crippen LogP contribution in [0.2, 0.25) is 0 Å². The standard InChI is InChI=1S/C19H20N6O2.2ClH/c1-24-9-8-23-18(24)16-12-21-7-10-25(16)19(26)14-3-2-4-15(11-14)27-17-13-20-5-6-22-17;;/h2-6,8-9,11,13,16,21H,7,10,12H2,1H3;2*1H. The number of carbonyl (C=O) groups excluding carboxylic acids is 1. The van der Waals surface area contributed by atoms with Crippen LogP contribution < -0.4 is 10.1 Å². The summed E-state index contributed by atoms with van der Waals surface area (Å²) in [5.41, 5.74) is 0.567. The van der Waals surface area contributed by atoms with Gasteiger partial charge in [-0.1, -0.05) is 6.07 Å². The van der Waals surface area contributed by atoms with Crippen LogP contribution in [0.25, 0.3) is 0 Å². The van der Waals surface area contributed by atoms with Gasteiger partial charge >= 0.3 is 0 Å². The number of nitrogens with zero attached hydrogens (tertiary/aromatic N) is 5. The Balaban J connectivity index is 0.00000150. The molecule has 0 bridgehead atoms. The van der Waals surface area contributed by atoms with E-state index in [0.29, 0.717) is 30.3 Å². The van der Waals surface area contributed by atoms with E-state index in [4.69, 9.17) is 4.74 Å². The molecule has 0 radical (unpaired) electrons. The number of piperazine rings is 1. The summed E-state index contributed by atoms with van der Waals surface area (Å²) >= 11 is 0. The van der Waals surface area contributed by atoms with Crippen LogP contribution in [0.4, 0.5) is 0 Å². The van der Waals surface area contributed by atoms with Crippen molar-refractivity contribution >= 4 is 30.7 Å². The Hall–Kier alpha value is -2.68. The lowest BCUT2D eigenvalue weighted by atomic mass is 10.1. The summed E-state index contributed by atoms with van der Waals surface area (Å²) in [6, 6.07) is 7.00. The van der Waals surface area contributed by atoms with E-state index in [2.05, 4.69) is 20.3 Å². The SMILES string of the molecule is Cl.Cl.Cn1ccnc1C1CNCCN1C(=O)c1cccc(Oc2cnccn2)c1. The number of imidazole rings is 1. The molecule has 1 aliphatic heterocycles. The average Bonchev–Trinajstić information content (AvgIpc) is 3.14. The van der Waals surface area contributed by atoms with Gasteiger partial charge in [0.15, 0.2) is 0 Å². The highest BCUT2D eigenvalue weighted by Crippen LogP contribution is 2.25. The van der Waals surface area contributed by atoms with Gasteiger partial charge < -0.3 is 19.5 Å². The van der Waals surface area contributed by atoms with Crippen molar-refractivity contribution in [3.8, 4) is 11.6 Å². The number of hydrogen-bond acceptors (Lipinski definition) is 6. The normalized spacial score (nSPS) is 15.8. The number of benzene rings is 1. The fraction of sp³-hybridized carbons (Fsp3) is 0.263. The predicted octanol–water partition coefficient (Wildman–Crippen LogP) is 2.63. The molecule has 3 heterocycles. The number of carbonyl (C=O) groups is 1. The highest BCUT2D eigenvalue weighted by atomic mass is 35.5. The minimum absolute atomic E-state index is 0. The molecule has 1 fully saturated rings. The van der Waals surface area contributed by atoms with E-state index in [1.165, 1.54) is 6.20 Å². The summed E-state index contributed by atoms with van der Waals surface area (Å²) in [6.07, 6.45) is 8.31. The smallest absolute Gasteiger partial charge is 0.254 e. The molecule has 1 aromatic carbocycles. The largest absolute Gasteiger partial charge is 0.437 e. The average molecular weight is 437 g/mol. The molecular formula is C19H22Cl2N6O2. The van der Waals surface area contributed by atoms with Gasteiger partial charge in [0.2, 0.25) is 5.88 Å². The molecule has 0 saturated carbocycles. The van der Waals surface area contributed by atoms with E-state index >= 15 is 0 Å². The van der Waals surface area contributed by atoms with Crippen molar-refractivity contribution in [2.45, 2.75) is 6.04 Å². The number of rotatable bonds is 4. The molecule has 1 aliphatic rings.